The number of fused-ring (bicyclic) bond motifs is 3. The molecule has 0 aromatic carbocycles. The van der Waals surface area contributed by atoms with Gasteiger partial charge in [-0.05, 0) is 39.0 Å². The van der Waals surface area contributed by atoms with Crippen molar-refractivity contribution in [1.29, 1.82) is 0 Å². The van der Waals surface area contributed by atoms with Crippen molar-refractivity contribution in [1.82, 2.24) is 14.6 Å². The SMILES string of the molecule is CC(C)c1cnn2cc3c(nc12)N(C(C)C)[C@@H]1CCC[C@H]1O3. The van der Waals surface area contributed by atoms with Crippen LogP contribution in [-0.2, 0) is 0 Å². The first-order valence-electron chi connectivity index (χ1n) is 8.39. The molecule has 0 spiro atoms. The van der Waals surface area contributed by atoms with Crippen molar-refractivity contribution in [2.24, 2.45) is 0 Å². The fourth-order valence-corrected chi connectivity index (χ4v) is 3.89. The molecule has 1 saturated carbocycles. The van der Waals surface area contributed by atoms with Crippen LogP contribution in [0.3, 0.4) is 0 Å². The minimum atomic E-state index is 0.300. The molecule has 118 valence electrons. The summed E-state index contributed by atoms with van der Waals surface area (Å²) in [6.07, 6.45) is 7.81. The van der Waals surface area contributed by atoms with Crippen LogP contribution in [0.1, 0.15) is 58.4 Å². The van der Waals surface area contributed by atoms with Crippen LogP contribution in [0, 0.1) is 0 Å². The molecule has 22 heavy (non-hydrogen) atoms. The number of aromatic nitrogens is 3. The molecule has 5 heteroatoms. The number of anilines is 1. The van der Waals surface area contributed by atoms with E-state index in [0.717, 1.165) is 23.6 Å². The van der Waals surface area contributed by atoms with Gasteiger partial charge in [0.15, 0.2) is 17.2 Å². The molecule has 2 aliphatic rings. The van der Waals surface area contributed by atoms with Crippen LogP contribution in [0.2, 0.25) is 0 Å². The van der Waals surface area contributed by atoms with E-state index in [4.69, 9.17) is 9.72 Å². The van der Waals surface area contributed by atoms with Gasteiger partial charge in [-0.25, -0.2) is 9.50 Å². The van der Waals surface area contributed by atoms with Gasteiger partial charge >= 0.3 is 0 Å². The molecule has 0 saturated heterocycles. The molecule has 1 aliphatic heterocycles. The molecule has 5 nitrogen and oxygen atoms in total. The zero-order valence-corrected chi connectivity index (χ0v) is 13.8. The Kier molecular flexibility index (Phi) is 3.06. The number of hydrogen-bond donors (Lipinski definition) is 0. The number of nitrogens with zero attached hydrogens (tertiary/aromatic N) is 4. The highest BCUT2D eigenvalue weighted by atomic mass is 16.5. The summed E-state index contributed by atoms with van der Waals surface area (Å²) in [7, 11) is 0. The molecular formula is C17H24N4O. The van der Waals surface area contributed by atoms with E-state index in [-0.39, 0.29) is 0 Å². The second kappa shape index (κ2) is 4.86. The van der Waals surface area contributed by atoms with Crippen molar-refractivity contribution in [3.05, 3.63) is 18.0 Å². The molecule has 0 unspecified atom stereocenters. The average molecular weight is 300 g/mol. The molecule has 4 rings (SSSR count). The number of rotatable bonds is 2. The number of ether oxygens (including phenoxy) is 1. The van der Waals surface area contributed by atoms with E-state index in [1.807, 2.05) is 16.9 Å². The minimum Gasteiger partial charge on any atom is -0.483 e. The van der Waals surface area contributed by atoms with E-state index in [9.17, 15) is 0 Å². The van der Waals surface area contributed by atoms with Crippen LogP contribution in [0.15, 0.2) is 12.4 Å². The highest BCUT2D eigenvalue weighted by molar-refractivity contribution is 5.62. The minimum absolute atomic E-state index is 0.300. The van der Waals surface area contributed by atoms with Crippen molar-refractivity contribution >= 4 is 11.5 Å². The average Bonchev–Trinajstić information content (AvgIpc) is 3.07. The lowest BCUT2D eigenvalue weighted by atomic mass is 10.1. The summed E-state index contributed by atoms with van der Waals surface area (Å²) >= 11 is 0. The molecule has 0 bridgehead atoms. The van der Waals surface area contributed by atoms with Gasteiger partial charge in [0.1, 0.15) is 6.10 Å². The lowest BCUT2D eigenvalue weighted by Crippen LogP contribution is -2.50. The van der Waals surface area contributed by atoms with Gasteiger partial charge in [0, 0.05) is 11.6 Å². The second-order valence-corrected chi connectivity index (χ2v) is 7.11. The Balaban J connectivity index is 1.90. The third-order valence-corrected chi connectivity index (χ3v) is 4.94. The fraction of sp³-hybridized carbons (Fsp3) is 0.647. The molecule has 0 amide bonds. The van der Waals surface area contributed by atoms with Gasteiger partial charge in [0.2, 0.25) is 0 Å². The molecule has 2 aromatic heterocycles. The zero-order valence-electron chi connectivity index (χ0n) is 13.8. The highest BCUT2D eigenvalue weighted by Gasteiger charge is 2.41. The summed E-state index contributed by atoms with van der Waals surface area (Å²) in [6, 6.07) is 0.890. The summed E-state index contributed by atoms with van der Waals surface area (Å²) in [5.74, 6) is 2.29. The third kappa shape index (κ3) is 1.91. The third-order valence-electron chi connectivity index (χ3n) is 4.94. The van der Waals surface area contributed by atoms with Gasteiger partial charge < -0.3 is 9.64 Å². The van der Waals surface area contributed by atoms with E-state index in [0.29, 0.717) is 24.1 Å². The van der Waals surface area contributed by atoms with Crippen molar-refractivity contribution in [2.75, 3.05) is 4.90 Å². The largest absolute Gasteiger partial charge is 0.483 e. The van der Waals surface area contributed by atoms with Crippen molar-refractivity contribution in [3.8, 4) is 5.75 Å². The Morgan fingerprint density at radius 2 is 2.05 bits per heavy atom. The Morgan fingerprint density at radius 3 is 2.77 bits per heavy atom. The maximum atomic E-state index is 6.25. The molecule has 2 aromatic rings. The van der Waals surface area contributed by atoms with Crippen molar-refractivity contribution < 1.29 is 4.74 Å². The summed E-state index contributed by atoms with van der Waals surface area (Å²) in [6.45, 7) is 8.86. The van der Waals surface area contributed by atoms with Gasteiger partial charge in [-0.1, -0.05) is 13.8 Å². The zero-order chi connectivity index (χ0) is 15.4. The summed E-state index contributed by atoms with van der Waals surface area (Å²) in [5.41, 5.74) is 2.15. The van der Waals surface area contributed by atoms with Crippen LogP contribution in [0.5, 0.6) is 5.75 Å². The van der Waals surface area contributed by atoms with Crippen molar-refractivity contribution in [2.45, 2.75) is 71.1 Å². The number of hydrogen-bond acceptors (Lipinski definition) is 4. The molecule has 0 radical (unpaired) electrons. The first-order valence-corrected chi connectivity index (χ1v) is 8.39. The van der Waals surface area contributed by atoms with Gasteiger partial charge in [0.05, 0.1) is 18.4 Å². The first-order chi connectivity index (χ1) is 10.6. The van der Waals surface area contributed by atoms with Crippen LogP contribution >= 0.6 is 0 Å². The Morgan fingerprint density at radius 1 is 1.23 bits per heavy atom. The van der Waals surface area contributed by atoms with Crippen LogP contribution < -0.4 is 9.64 Å². The molecule has 0 N–H and O–H groups in total. The Hall–Kier alpha value is -1.78. The Bertz CT molecular complexity index is 706. The topological polar surface area (TPSA) is 42.7 Å². The molecule has 1 aliphatic carbocycles. The second-order valence-electron chi connectivity index (χ2n) is 7.11. The van der Waals surface area contributed by atoms with E-state index in [1.54, 1.807) is 0 Å². The maximum absolute atomic E-state index is 6.25. The van der Waals surface area contributed by atoms with Crippen LogP contribution in [-0.4, -0.2) is 32.8 Å². The van der Waals surface area contributed by atoms with Gasteiger partial charge in [-0.3, -0.25) is 0 Å². The standard InChI is InChI=1S/C17H24N4O/c1-10(2)12-8-18-20-9-15-17(19-16(12)20)21(11(3)4)13-6-5-7-14(13)22-15/h8-11,13-14H,5-7H2,1-4H3/t13-,14-/m1/s1. The van der Waals surface area contributed by atoms with E-state index in [2.05, 4.69) is 37.7 Å². The van der Waals surface area contributed by atoms with E-state index in [1.165, 1.54) is 18.4 Å². The molecule has 1 fully saturated rings. The van der Waals surface area contributed by atoms with Gasteiger partial charge in [-0.2, -0.15) is 5.10 Å². The lowest BCUT2D eigenvalue weighted by Gasteiger charge is -2.42. The summed E-state index contributed by atoms with van der Waals surface area (Å²) in [4.78, 5) is 7.43. The maximum Gasteiger partial charge on any atom is 0.180 e. The Labute approximate surface area is 131 Å². The molecular weight excluding hydrogens is 276 g/mol. The van der Waals surface area contributed by atoms with Crippen LogP contribution in [0.25, 0.3) is 5.65 Å². The summed E-state index contributed by atoms with van der Waals surface area (Å²) in [5, 5.41) is 4.46. The smallest absolute Gasteiger partial charge is 0.180 e. The highest BCUT2D eigenvalue weighted by Crippen LogP contribution is 2.42. The van der Waals surface area contributed by atoms with Gasteiger partial charge in [-0.15, -0.1) is 0 Å². The lowest BCUT2D eigenvalue weighted by molar-refractivity contribution is 0.165. The quantitative estimate of drug-likeness (QED) is 0.852. The van der Waals surface area contributed by atoms with E-state index >= 15 is 0 Å². The van der Waals surface area contributed by atoms with E-state index < -0.39 is 0 Å². The predicted molar refractivity (Wildman–Crippen MR) is 86.7 cm³/mol. The van der Waals surface area contributed by atoms with Gasteiger partial charge in [0.25, 0.3) is 0 Å². The summed E-state index contributed by atoms with van der Waals surface area (Å²) < 4.78 is 8.11. The normalized spacial score (nSPS) is 24.0. The fourth-order valence-electron chi connectivity index (χ4n) is 3.89. The van der Waals surface area contributed by atoms with Crippen LogP contribution in [0.4, 0.5) is 5.82 Å². The monoisotopic (exact) mass is 300 g/mol. The predicted octanol–water partition coefficient (Wildman–Crippen LogP) is 3.38. The first kappa shape index (κ1) is 13.9. The molecule has 2 atom stereocenters. The van der Waals surface area contributed by atoms with Crippen molar-refractivity contribution in [3.63, 3.8) is 0 Å². The molecule has 3 heterocycles.